The Morgan fingerprint density at radius 3 is 2.09 bits per heavy atom. The lowest BCUT2D eigenvalue weighted by molar-refractivity contribution is -0.0373. The first-order valence-electron chi connectivity index (χ1n) is 14.7. The van der Waals surface area contributed by atoms with Crippen molar-refractivity contribution in [3.8, 4) is 11.5 Å². The van der Waals surface area contributed by atoms with Gasteiger partial charge in [0.05, 0.1) is 20.8 Å². The number of alkyl halides is 2. The minimum atomic E-state index is -3.51. The predicted octanol–water partition coefficient (Wildman–Crippen LogP) is 6.70. The molecule has 242 valence electrons. The molecule has 0 bridgehead atoms. The lowest BCUT2D eigenvalue weighted by Crippen LogP contribution is -2.66. The summed E-state index contributed by atoms with van der Waals surface area (Å²) in [6, 6.07) is 24.8. The molecule has 0 aliphatic rings. The Morgan fingerprint density at radius 2 is 1.54 bits per heavy atom. The molecule has 0 saturated carbocycles. The van der Waals surface area contributed by atoms with Gasteiger partial charge in [-0.1, -0.05) is 105 Å². The van der Waals surface area contributed by atoms with Crippen LogP contribution in [0.5, 0.6) is 11.5 Å². The van der Waals surface area contributed by atoms with Gasteiger partial charge in [0.25, 0.3) is 13.9 Å². The number of rotatable bonds is 12. The highest BCUT2D eigenvalue weighted by molar-refractivity contribution is 8.00. The standard InChI is InChI=1S/C34H37F2N3O4S2Si/c1-33(2,3)46(25-13-9-7-10-14-25,26-15-11-8-12-16-26)43-20-19-34(35,36)31-38-29-28(37-32(44-6)45-29)30(40)39(31)22-23-17-18-24(41-4)21-27(23)42-5/h7-18,21H,19-20,22H2,1-6H3. The van der Waals surface area contributed by atoms with Crippen LogP contribution < -0.4 is 25.4 Å². The lowest BCUT2D eigenvalue weighted by atomic mass is 10.1. The van der Waals surface area contributed by atoms with Crippen LogP contribution in [0.4, 0.5) is 8.78 Å². The minimum absolute atomic E-state index is 0.0601. The van der Waals surface area contributed by atoms with Crippen molar-refractivity contribution >= 4 is 52.1 Å². The van der Waals surface area contributed by atoms with E-state index in [1.165, 1.54) is 26.0 Å². The fraction of sp³-hybridized carbons (Fsp3) is 0.324. The van der Waals surface area contributed by atoms with Crippen LogP contribution >= 0.6 is 23.1 Å². The van der Waals surface area contributed by atoms with E-state index in [-0.39, 0.29) is 28.5 Å². The molecule has 0 fully saturated rings. The topological polar surface area (TPSA) is 75.5 Å². The van der Waals surface area contributed by atoms with E-state index in [9.17, 15) is 4.79 Å². The smallest absolute Gasteiger partial charge is 0.307 e. The maximum Gasteiger partial charge on any atom is 0.307 e. The molecule has 0 radical (unpaired) electrons. The molecule has 7 nitrogen and oxygen atoms in total. The zero-order chi connectivity index (χ0) is 33.1. The Hall–Kier alpha value is -3.58. The van der Waals surface area contributed by atoms with Crippen LogP contribution in [0.15, 0.2) is 88.0 Å². The number of hydrogen-bond donors (Lipinski definition) is 0. The third kappa shape index (κ3) is 6.48. The molecule has 0 unspecified atom stereocenters. The molecule has 5 rings (SSSR count). The molecule has 5 aromatic rings. The monoisotopic (exact) mass is 681 g/mol. The van der Waals surface area contributed by atoms with Gasteiger partial charge in [0, 0.05) is 24.7 Å². The highest BCUT2D eigenvalue weighted by Crippen LogP contribution is 2.39. The Morgan fingerprint density at radius 1 is 0.913 bits per heavy atom. The number of benzene rings is 3. The van der Waals surface area contributed by atoms with Gasteiger partial charge in [0.15, 0.2) is 20.5 Å². The largest absolute Gasteiger partial charge is 0.497 e. The van der Waals surface area contributed by atoms with Gasteiger partial charge < -0.3 is 13.9 Å². The summed E-state index contributed by atoms with van der Waals surface area (Å²) < 4.78 is 52.2. The van der Waals surface area contributed by atoms with Gasteiger partial charge in [-0.3, -0.25) is 9.36 Å². The first-order chi connectivity index (χ1) is 21.9. The molecule has 2 aromatic heterocycles. The van der Waals surface area contributed by atoms with Crippen LogP contribution in [-0.2, 0) is 16.9 Å². The number of aromatic nitrogens is 3. The average Bonchev–Trinajstić information content (AvgIpc) is 3.48. The number of ether oxygens (including phenoxy) is 2. The molecule has 0 N–H and O–H groups in total. The van der Waals surface area contributed by atoms with Crippen molar-refractivity contribution in [2.75, 3.05) is 27.1 Å². The van der Waals surface area contributed by atoms with Crippen molar-refractivity contribution in [1.82, 2.24) is 14.5 Å². The summed E-state index contributed by atoms with van der Waals surface area (Å²) in [5, 5.41) is 1.61. The Kier molecular flexibility index (Phi) is 10.0. The molecular formula is C34H37F2N3O4S2Si. The maximum atomic E-state index is 16.5. The molecule has 46 heavy (non-hydrogen) atoms. The minimum Gasteiger partial charge on any atom is -0.497 e. The van der Waals surface area contributed by atoms with Crippen LogP contribution in [-0.4, -0.2) is 49.9 Å². The molecule has 2 heterocycles. The molecule has 0 atom stereocenters. The fourth-order valence-electron chi connectivity index (χ4n) is 5.76. The van der Waals surface area contributed by atoms with Gasteiger partial charge in [0.1, 0.15) is 11.5 Å². The van der Waals surface area contributed by atoms with E-state index in [1.807, 2.05) is 66.9 Å². The molecule has 0 aliphatic carbocycles. The second kappa shape index (κ2) is 13.6. The Balaban J connectivity index is 1.57. The highest BCUT2D eigenvalue weighted by atomic mass is 32.2. The van der Waals surface area contributed by atoms with Crippen molar-refractivity contribution in [2.24, 2.45) is 0 Å². The SMILES string of the molecule is COc1ccc(Cn2c(C(F)(F)CCO[Si](c3ccccc3)(c3ccccc3)C(C)(C)C)nc3sc(SC)nc3c2=O)c(OC)c1. The first kappa shape index (κ1) is 33.8. The predicted molar refractivity (Wildman–Crippen MR) is 184 cm³/mol. The number of halogens is 2. The summed E-state index contributed by atoms with van der Waals surface area (Å²) in [5.74, 6) is -3.21. The Labute approximate surface area is 276 Å². The van der Waals surface area contributed by atoms with Crippen LogP contribution in [0.25, 0.3) is 10.3 Å². The van der Waals surface area contributed by atoms with Gasteiger partial charge in [-0.25, -0.2) is 9.97 Å². The van der Waals surface area contributed by atoms with Crippen molar-refractivity contribution in [2.45, 2.75) is 49.0 Å². The summed E-state index contributed by atoms with van der Waals surface area (Å²) in [7, 11) is -0.0624. The quantitative estimate of drug-likeness (QED) is 0.107. The van der Waals surface area contributed by atoms with Crippen molar-refractivity contribution in [1.29, 1.82) is 0 Å². The molecule has 12 heteroatoms. The van der Waals surface area contributed by atoms with Gasteiger partial charge in [-0.15, -0.1) is 0 Å². The van der Waals surface area contributed by atoms with E-state index in [0.717, 1.165) is 26.3 Å². The highest BCUT2D eigenvalue weighted by Gasteiger charge is 2.51. The van der Waals surface area contributed by atoms with Gasteiger partial charge in [-0.05, 0) is 33.8 Å². The van der Waals surface area contributed by atoms with Crippen molar-refractivity contribution in [3.63, 3.8) is 0 Å². The van der Waals surface area contributed by atoms with E-state index in [2.05, 4.69) is 30.7 Å². The van der Waals surface area contributed by atoms with Crippen LogP contribution in [0.3, 0.4) is 0 Å². The van der Waals surface area contributed by atoms with Crippen molar-refractivity contribution < 1.29 is 22.7 Å². The third-order valence-corrected chi connectivity index (χ3v) is 15.0. The first-order valence-corrected chi connectivity index (χ1v) is 18.7. The van der Waals surface area contributed by atoms with E-state index in [0.29, 0.717) is 21.4 Å². The second-order valence-corrected chi connectivity index (χ2v) is 18.1. The van der Waals surface area contributed by atoms with E-state index in [1.54, 1.807) is 18.2 Å². The summed E-state index contributed by atoms with van der Waals surface area (Å²) in [6.45, 7) is 5.85. The number of hydrogen-bond acceptors (Lipinski definition) is 8. The summed E-state index contributed by atoms with van der Waals surface area (Å²) in [6.07, 6.45) is 1.14. The maximum absolute atomic E-state index is 16.5. The summed E-state index contributed by atoms with van der Waals surface area (Å²) in [5.41, 5.74) is -0.0561. The van der Waals surface area contributed by atoms with Crippen molar-refractivity contribution in [3.05, 3.63) is 101 Å². The third-order valence-electron chi connectivity index (χ3n) is 7.98. The zero-order valence-electron chi connectivity index (χ0n) is 26.7. The number of thioether (sulfide) groups is 1. The van der Waals surface area contributed by atoms with Crippen LogP contribution in [0.2, 0.25) is 5.04 Å². The average molecular weight is 682 g/mol. The number of nitrogens with zero attached hydrogens (tertiary/aromatic N) is 3. The zero-order valence-corrected chi connectivity index (χ0v) is 29.3. The molecule has 0 spiro atoms. The molecule has 0 saturated heterocycles. The molecule has 0 aliphatic heterocycles. The number of methoxy groups -OCH3 is 2. The second-order valence-electron chi connectivity index (χ2n) is 11.8. The van der Waals surface area contributed by atoms with Crippen LogP contribution in [0.1, 0.15) is 38.6 Å². The van der Waals surface area contributed by atoms with Gasteiger partial charge in [0.2, 0.25) is 0 Å². The summed E-state index contributed by atoms with van der Waals surface area (Å²) in [4.78, 5) is 22.8. The molecular weight excluding hydrogens is 645 g/mol. The van der Waals surface area contributed by atoms with Gasteiger partial charge >= 0.3 is 5.92 Å². The fourth-order valence-corrected chi connectivity index (χ4v) is 11.7. The lowest BCUT2D eigenvalue weighted by Gasteiger charge is -2.43. The van der Waals surface area contributed by atoms with E-state index >= 15 is 8.78 Å². The van der Waals surface area contributed by atoms with E-state index < -0.39 is 32.0 Å². The molecule has 0 amide bonds. The van der Waals surface area contributed by atoms with E-state index in [4.69, 9.17) is 13.9 Å². The number of thiazole rings is 1. The number of fused-ring (bicyclic) bond motifs is 1. The van der Waals surface area contributed by atoms with Gasteiger partial charge in [-0.2, -0.15) is 8.78 Å². The van der Waals surface area contributed by atoms with Crippen LogP contribution in [0, 0.1) is 0 Å². The summed E-state index contributed by atoms with van der Waals surface area (Å²) >= 11 is 2.46. The normalized spacial score (nSPS) is 12.4. The Bertz CT molecular complexity index is 1820. The molecule has 3 aromatic carbocycles.